The Hall–Kier alpha value is -3.93. The van der Waals surface area contributed by atoms with E-state index >= 15 is 0 Å². The van der Waals surface area contributed by atoms with Gasteiger partial charge in [-0.05, 0) is 37.3 Å². The van der Waals surface area contributed by atoms with E-state index in [0.29, 0.717) is 22.7 Å². The molecule has 0 bridgehead atoms. The summed E-state index contributed by atoms with van der Waals surface area (Å²) in [4.78, 5) is 30.4. The van der Waals surface area contributed by atoms with E-state index in [0.717, 1.165) is 11.0 Å². The number of amides is 1. The molecule has 4 aromatic rings. The van der Waals surface area contributed by atoms with Crippen LogP contribution in [0.3, 0.4) is 0 Å². The Labute approximate surface area is 180 Å². The molecule has 1 amide bonds. The average molecular weight is 413 g/mol. The summed E-state index contributed by atoms with van der Waals surface area (Å²) in [5, 5.41) is 2.99. The molecule has 0 radical (unpaired) electrons. The number of nitrogens with zero attached hydrogens (tertiary/aromatic N) is 2. The van der Waals surface area contributed by atoms with Crippen LogP contribution in [-0.4, -0.2) is 28.4 Å². The van der Waals surface area contributed by atoms with Crippen LogP contribution in [0, 0.1) is 0 Å². The van der Waals surface area contributed by atoms with Gasteiger partial charge in [0, 0.05) is 11.1 Å². The van der Waals surface area contributed by atoms with Crippen molar-refractivity contribution in [2.45, 2.75) is 19.5 Å². The number of carbonyl (C=O) groups is 2. The minimum absolute atomic E-state index is 0.0173. The van der Waals surface area contributed by atoms with Gasteiger partial charge in [0.15, 0.2) is 5.78 Å². The van der Waals surface area contributed by atoms with E-state index in [9.17, 15) is 9.59 Å². The zero-order valence-electron chi connectivity index (χ0n) is 17.4. The Bertz CT molecular complexity index is 1230. The Balaban J connectivity index is 1.64. The molecule has 0 aliphatic carbocycles. The molecule has 0 spiro atoms. The first-order chi connectivity index (χ1) is 15.1. The Morgan fingerprint density at radius 2 is 1.68 bits per heavy atom. The van der Waals surface area contributed by atoms with Gasteiger partial charge in [-0.25, -0.2) is 4.98 Å². The number of benzene rings is 3. The number of carbonyl (C=O) groups excluding carboxylic acids is 2. The van der Waals surface area contributed by atoms with Crippen LogP contribution in [0.15, 0.2) is 78.9 Å². The number of para-hydroxylation sites is 2. The lowest BCUT2D eigenvalue weighted by atomic mass is 10.1. The molecule has 0 aliphatic rings. The zero-order valence-corrected chi connectivity index (χ0v) is 17.4. The molecule has 31 heavy (non-hydrogen) atoms. The number of Topliss-reactive ketones (excluding diaryl/α,β-unsaturated/α-hetero) is 1. The van der Waals surface area contributed by atoms with Crippen molar-refractivity contribution in [2.75, 3.05) is 7.11 Å². The Morgan fingerprint density at radius 3 is 2.45 bits per heavy atom. The molecule has 6 heteroatoms. The molecule has 0 saturated carbocycles. The molecule has 0 aliphatic heterocycles. The molecule has 0 fully saturated rings. The van der Waals surface area contributed by atoms with Crippen LogP contribution in [0.25, 0.3) is 11.0 Å². The van der Waals surface area contributed by atoms with Gasteiger partial charge in [0.25, 0.3) is 5.91 Å². The minimum Gasteiger partial charge on any atom is -0.497 e. The van der Waals surface area contributed by atoms with E-state index < -0.39 is 6.04 Å². The number of ether oxygens (including phenoxy) is 1. The van der Waals surface area contributed by atoms with Crippen LogP contribution in [0.1, 0.15) is 39.5 Å². The van der Waals surface area contributed by atoms with Crippen molar-refractivity contribution in [1.29, 1.82) is 0 Å². The highest BCUT2D eigenvalue weighted by atomic mass is 16.5. The van der Waals surface area contributed by atoms with Gasteiger partial charge in [0.2, 0.25) is 0 Å². The van der Waals surface area contributed by atoms with Gasteiger partial charge in [0.1, 0.15) is 11.6 Å². The van der Waals surface area contributed by atoms with Gasteiger partial charge in [-0.15, -0.1) is 0 Å². The largest absolute Gasteiger partial charge is 0.497 e. The van der Waals surface area contributed by atoms with Crippen molar-refractivity contribution in [3.63, 3.8) is 0 Å². The first-order valence-corrected chi connectivity index (χ1v) is 10.0. The topological polar surface area (TPSA) is 73.2 Å². The van der Waals surface area contributed by atoms with E-state index in [1.807, 2.05) is 54.0 Å². The van der Waals surface area contributed by atoms with Crippen molar-refractivity contribution in [3.8, 4) is 5.75 Å². The number of methoxy groups -OCH3 is 1. The molecule has 1 N–H and O–H groups in total. The number of hydrogen-bond acceptors (Lipinski definition) is 4. The van der Waals surface area contributed by atoms with Crippen LogP contribution in [0.5, 0.6) is 5.75 Å². The molecular weight excluding hydrogens is 390 g/mol. The van der Waals surface area contributed by atoms with Crippen molar-refractivity contribution in [2.24, 2.45) is 0 Å². The smallest absolute Gasteiger partial charge is 0.251 e. The van der Waals surface area contributed by atoms with Crippen molar-refractivity contribution < 1.29 is 14.3 Å². The minimum atomic E-state index is -0.408. The molecule has 4 rings (SSSR count). The fourth-order valence-electron chi connectivity index (χ4n) is 3.56. The monoisotopic (exact) mass is 413 g/mol. The Kier molecular flexibility index (Phi) is 5.80. The van der Waals surface area contributed by atoms with Crippen molar-refractivity contribution in [3.05, 3.63) is 95.8 Å². The van der Waals surface area contributed by atoms with E-state index in [1.165, 1.54) is 0 Å². The number of fused-ring (bicyclic) bond motifs is 1. The normalized spacial score (nSPS) is 11.8. The van der Waals surface area contributed by atoms with Crippen LogP contribution in [0.2, 0.25) is 0 Å². The number of aromatic nitrogens is 2. The summed E-state index contributed by atoms with van der Waals surface area (Å²) in [6.07, 6.45) is 0. The first-order valence-electron chi connectivity index (χ1n) is 10.0. The highest BCUT2D eigenvalue weighted by Crippen LogP contribution is 2.22. The van der Waals surface area contributed by atoms with Gasteiger partial charge in [-0.3, -0.25) is 9.59 Å². The maximum absolute atomic E-state index is 12.9. The second-order valence-electron chi connectivity index (χ2n) is 7.26. The van der Waals surface area contributed by atoms with E-state index in [-0.39, 0.29) is 18.2 Å². The van der Waals surface area contributed by atoms with Crippen LogP contribution < -0.4 is 10.1 Å². The molecule has 1 unspecified atom stereocenters. The standard InChI is InChI=1S/C25H23N3O3/c1-17(26-25(30)19-11-8-12-20(15-19)31-2)24-27-21-13-6-7-14-22(21)28(24)16-23(29)18-9-4-3-5-10-18/h3-15,17H,16H2,1-2H3,(H,26,30). The third-order valence-electron chi connectivity index (χ3n) is 5.15. The molecule has 1 heterocycles. The SMILES string of the molecule is COc1cccc(C(=O)NC(C)c2nc3ccccc3n2CC(=O)c2ccccc2)c1. The number of rotatable bonds is 7. The number of nitrogens with one attached hydrogen (secondary N) is 1. The molecule has 0 saturated heterocycles. The predicted molar refractivity (Wildman–Crippen MR) is 119 cm³/mol. The van der Waals surface area contributed by atoms with Gasteiger partial charge in [-0.1, -0.05) is 48.5 Å². The predicted octanol–water partition coefficient (Wildman–Crippen LogP) is 4.42. The summed E-state index contributed by atoms with van der Waals surface area (Å²) in [7, 11) is 1.56. The summed E-state index contributed by atoms with van der Waals surface area (Å²) < 4.78 is 7.08. The lowest BCUT2D eigenvalue weighted by molar-refractivity contribution is 0.0937. The van der Waals surface area contributed by atoms with Crippen LogP contribution in [0.4, 0.5) is 0 Å². The van der Waals surface area contributed by atoms with Crippen LogP contribution >= 0.6 is 0 Å². The second-order valence-corrected chi connectivity index (χ2v) is 7.26. The lowest BCUT2D eigenvalue weighted by Crippen LogP contribution is -2.29. The average Bonchev–Trinajstić information content (AvgIpc) is 3.18. The summed E-state index contributed by atoms with van der Waals surface area (Å²) in [6.45, 7) is 2.00. The molecular formula is C25H23N3O3. The molecule has 3 aromatic carbocycles. The summed E-state index contributed by atoms with van der Waals surface area (Å²) in [5.41, 5.74) is 2.76. The zero-order chi connectivity index (χ0) is 21.8. The Morgan fingerprint density at radius 1 is 0.968 bits per heavy atom. The third-order valence-corrected chi connectivity index (χ3v) is 5.15. The quantitative estimate of drug-likeness (QED) is 0.455. The van der Waals surface area contributed by atoms with Crippen LogP contribution in [-0.2, 0) is 6.54 Å². The third kappa shape index (κ3) is 4.33. The fourth-order valence-corrected chi connectivity index (χ4v) is 3.56. The van der Waals surface area contributed by atoms with Crippen molar-refractivity contribution >= 4 is 22.7 Å². The molecule has 1 atom stereocenters. The molecule has 156 valence electrons. The second kappa shape index (κ2) is 8.83. The maximum Gasteiger partial charge on any atom is 0.251 e. The summed E-state index contributed by atoms with van der Waals surface area (Å²) in [5.74, 6) is 0.985. The van der Waals surface area contributed by atoms with E-state index in [2.05, 4.69) is 5.32 Å². The summed E-state index contributed by atoms with van der Waals surface area (Å²) in [6, 6.07) is 23.4. The highest BCUT2D eigenvalue weighted by Gasteiger charge is 2.21. The lowest BCUT2D eigenvalue weighted by Gasteiger charge is -2.16. The number of ketones is 1. The molecule has 1 aromatic heterocycles. The van der Waals surface area contributed by atoms with Crippen molar-refractivity contribution in [1.82, 2.24) is 14.9 Å². The highest BCUT2D eigenvalue weighted by molar-refractivity contribution is 5.97. The molecule has 6 nitrogen and oxygen atoms in total. The van der Waals surface area contributed by atoms with Gasteiger partial charge < -0.3 is 14.6 Å². The number of imidazole rings is 1. The van der Waals surface area contributed by atoms with Gasteiger partial charge in [-0.2, -0.15) is 0 Å². The van der Waals surface area contributed by atoms with Gasteiger partial charge in [0.05, 0.1) is 30.7 Å². The first kappa shape index (κ1) is 20.3. The van der Waals surface area contributed by atoms with Gasteiger partial charge >= 0.3 is 0 Å². The fraction of sp³-hybridized carbons (Fsp3) is 0.160. The van der Waals surface area contributed by atoms with E-state index in [4.69, 9.17) is 9.72 Å². The van der Waals surface area contributed by atoms with E-state index in [1.54, 1.807) is 43.5 Å². The maximum atomic E-state index is 12.9. The summed E-state index contributed by atoms with van der Waals surface area (Å²) >= 11 is 0. The number of hydrogen-bond donors (Lipinski definition) is 1.